The van der Waals surface area contributed by atoms with Crippen molar-refractivity contribution in [2.75, 3.05) is 17.3 Å². The summed E-state index contributed by atoms with van der Waals surface area (Å²) in [6.07, 6.45) is 0. The minimum absolute atomic E-state index is 0.308. The van der Waals surface area contributed by atoms with Crippen molar-refractivity contribution in [3.05, 3.63) is 40.1 Å². The second-order valence-electron chi connectivity index (χ2n) is 4.09. The van der Waals surface area contributed by atoms with Crippen LogP contribution in [-0.4, -0.2) is 16.6 Å². The fourth-order valence-electron chi connectivity index (χ4n) is 1.61. The molecule has 0 radical (unpaired) electrons. The minimum atomic E-state index is 0.308. The van der Waals surface area contributed by atoms with Crippen LogP contribution in [0.15, 0.2) is 24.3 Å². The van der Waals surface area contributed by atoms with Gasteiger partial charge < -0.3 is 15.5 Å². The molecule has 0 spiro atoms. The second-order valence-corrected chi connectivity index (χ2v) is 4.90. The van der Waals surface area contributed by atoms with E-state index in [0.717, 1.165) is 5.69 Å². The lowest BCUT2D eigenvalue weighted by molar-refractivity contribution is 0.128. The van der Waals surface area contributed by atoms with E-state index in [4.69, 9.17) is 33.8 Å². The van der Waals surface area contributed by atoms with Crippen LogP contribution in [0.3, 0.4) is 0 Å². The molecule has 0 saturated carbocycles. The number of benzene rings is 1. The van der Waals surface area contributed by atoms with E-state index in [1.54, 1.807) is 24.3 Å². The molecule has 1 aromatic heterocycles. The number of nitrogens with two attached hydrogens (primary N) is 1. The number of anilines is 3. The molecular weight excluding hydrogens is 313 g/mol. The van der Waals surface area contributed by atoms with Gasteiger partial charge in [-0.3, -0.25) is 0 Å². The van der Waals surface area contributed by atoms with Crippen LogP contribution in [-0.2, 0) is 11.3 Å². The number of ether oxygens (including phenoxy) is 1. The zero-order valence-electron chi connectivity index (χ0n) is 11.4. The third-order valence-electron chi connectivity index (χ3n) is 2.55. The molecule has 0 saturated heterocycles. The number of nitrogens with one attached hydrogen (secondary N) is 2. The highest BCUT2D eigenvalue weighted by Crippen LogP contribution is 2.26. The fourth-order valence-corrected chi connectivity index (χ4v) is 1.91. The van der Waals surface area contributed by atoms with Crippen LogP contribution >= 0.6 is 23.2 Å². The summed E-state index contributed by atoms with van der Waals surface area (Å²) in [4.78, 5) is 8.55. The van der Waals surface area contributed by atoms with Gasteiger partial charge in [0.1, 0.15) is 18.2 Å². The predicted molar refractivity (Wildman–Crippen MR) is 84.9 cm³/mol. The second kappa shape index (κ2) is 7.42. The maximum atomic E-state index is 5.98. The summed E-state index contributed by atoms with van der Waals surface area (Å²) >= 11 is 11.9. The molecule has 2 aromatic rings. The first kappa shape index (κ1) is 15.8. The quantitative estimate of drug-likeness (QED) is 0.557. The van der Waals surface area contributed by atoms with Gasteiger partial charge in [0, 0.05) is 18.4 Å². The number of hydrogen-bond donors (Lipinski definition) is 3. The van der Waals surface area contributed by atoms with Crippen molar-refractivity contribution in [2.45, 2.75) is 13.5 Å². The fraction of sp³-hybridized carbons (Fsp3) is 0.231. The highest BCUT2D eigenvalue weighted by Gasteiger charge is 2.06. The Hall–Kier alpha value is -1.60. The van der Waals surface area contributed by atoms with Gasteiger partial charge in [-0.05, 0) is 25.1 Å². The zero-order chi connectivity index (χ0) is 15.2. The Balaban J connectivity index is 2.23. The van der Waals surface area contributed by atoms with Crippen LogP contribution in [0.1, 0.15) is 12.7 Å². The summed E-state index contributed by atoms with van der Waals surface area (Å²) < 4.78 is 5.30. The smallest absolute Gasteiger partial charge is 0.158 e. The Kier molecular flexibility index (Phi) is 5.58. The minimum Gasteiger partial charge on any atom is -0.374 e. The van der Waals surface area contributed by atoms with Crippen LogP contribution < -0.4 is 16.6 Å². The van der Waals surface area contributed by atoms with Crippen LogP contribution in [0.25, 0.3) is 0 Å². The van der Waals surface area contributed by atoms with Crippen LogP contribution in [0.2, 0.25) is 10.0 Å². The van der Waals surface area contributed by atoms with E-state index >= 15 is 0 Å². The van der Waals surface area contributed by atoms with Crippen molar-refractivity contribution in [1.82, 2.24) is 9.97 Å². The number of rotatable bonds is 6. The number of halogens is 2. The zero-order valence-corrected chi connectivity index (χ0v) is 12.9. The summed E-state index contributed by atoms with van der Waals surface area (Å²) in [5.74, 6) is 6.99. The molecule has 21 heavy (non-hydrogen) atoms. The first-order chi connectivity index (χ1) is 10.1. The Bertz CT molecular complexity index is 624. The van der Waals surface area contributed by atoms with Gasteiger partial charge in [0.2, 0.25) is 0 Å². The van der Waals surface area contributed by atoms with Gasteiger partial charge in [-0.25, -0.2) is 15.8 Å². The first-order valence-electron chi connectivity index (χ1n) is 6.26. The first-order valence-corrected chi connectivity index (χ1v) is 7.02. The molecule has 0 aliphatic rings. The van der Waals surface area contributed by atoms with E-state index in [1.165, 1.54) is 0 Å². The van der Waals surface area contributed by atoms with Gasteiger partial charge >= 0.3 is 0 Å². The molecule has 8 heteroatoms. The molecule has 0 aliphatic carbocycles. The van der Waals surface area contributed by atoms with Gasteiger partial charge in [0.15, 0.2) is 5.82 Å². The summed E-state index contributed by atoms with van der Waals surface area (Å²) in [6, 6.07) is 6.90. The molecule has 1 aromatic carbocycles. The number of hydrazine groups is 1. The van der Waals surface area contributed by atoms with E-state index in [1.807, 2.05) is 6.92 Å². The largest absolute Gasteiger partial charge is 0.374 e. The third kappa shape index (κ3) is 4.44. The topological polar surface area (TPSA) is 85.1 Å². The van der Waals surface area contributed by atoms with Crippen molar-refractivity contribution < 1.29 is 4.74 Å². The van der Waals surface area contributed by atoms with E-state index in [0.29, 0.717) is 40.7 Å². The molecule has 0 amide bonds. The molecule has 0 bridgehead atoms. The number of hydrogen-bond acceptors (Lipinski definition) is 6. The Labute approximate surface area is 132 Å². The van der Waals surface area contributed by atoms with E-state index < -0.39 is 0 Å². The molecule has 6 nitrogen and oxygen atoms in total. The molecule has 4 N–H and O–H groups in total. The van der Waals surface area contributed by atoms with Crippen molar-refractivity contribution in [2.24, 2.45) is 5.84 Å². The van der Waals surface area contributed by atoms with Crippen molar-refractivity contribution in [3.8, 4) is 0 Å². The number of nitrogen functional groups attached to an aromatic ring is 1. The van der Waals surface area contributed by atoms with E-state index in [-0.39, 0.29) is 0 Å². The van der Waals surface area contributed by atoms with Crippen LogP contribution in [0.5, 0.6) is 0 Å². The average molecular weight is 328 g/mol. The van der Waals surface area contributed by atoms with Gasteiger partial charge in [-0.2, -0.15) is 0 Å². The molecule has 112 valence electrons. The summed E-state index contributed by atoms with van der Waals surface area (Å²) in [7, 11) is 0. The number of nitrogens with zero attached hydrogens (tertiary/aromatic N) is 2. The lowest BCUT2D eigenvalue weighted by Crippen LogP contribution is -2.12. The molecule has 1 heterocycles. The van der Waals surface area contributed by atoms with Gasteiger partial charge in [-0.1, -0.05) is 23.2 Å². The predicted octanol–water partition coefficient (Wildman–Crippen LogP) is 3.35. The summed E-state index contributed by atoms with van der Waals surface area (Å²) in [5.41, 5.74) is 3.25. The molecule has 2 rings (SSSR count). The van der Waals surface area contributed by atoms with Crippen LogP contribution in [0, 0.1) is 0 Å². The van der Waals surface area contributed by atoms with Crippen molar-refractivity contribution in [3.63, 3.8) is 0 Å². The third-order valence-corrected chi connectivity index (χ3v) is 3.29. The van der Waals surface area contributed by atoms with E-state index in [9.17, 15) is 0 Å². The van der Waals surface area contributed by atoms with Gasteiger partial charge in [0.25, 0.3) is 0 Å². The maximum Gasteiger partial charge on any atom is 0.158 e. The normalized spacial score (nSPS) is 10.5. The standard InChI is InChI=1S/C13H15Cl2N5O/c1-2-21-7-13-18-11(6-12(19-13)20-16)17-8-3-4-9(14)10(15)5-8/h3-6H,2,7,16H2,1H3,(H2,17,18,19,20). The van der Waals surface area contributed by atoms with Crippen molar-refractivity contribution >= 4 is 40.5 Å². The van der Waals surface area contributed by atoms with E-state index in [2.05, 4.69) is 20.7 Å². The highest BCUT2D eigenvalue weighted by molar-refractivity contribution is 6.42. The lowest BCUT2D eigenvalue weighted by atomic mass is 10.3. The monoisotopic (exact) mass is 327 g/mol. The summed E-state index contributed by atoms with van der Waals surface area (Å²) in [6.45, 7) is 2.79. The SMILES string of the molecule is CCOCc1nc(NN)cc(Nc2ccc(Cl)c(Cl)c2)n1. The highest BCUT2D eigenvalue weighted by atomic mass is 35.5. The average Bonchev–Trinajstić information content (AvgIpc) is 2.48. The lowest BCUT2D eigenvalue weighted by Gasteiger charge is -2.10. The molecule has 0 aliphatic heterocycles. The Morgan fingerprint density at radius 2 is 1.90 bits per heavy atom. The van der Waals surface area contributed by atoms with Crippen molar-refractivity contribution in [1.29, 1.82) is 0 Å². The van der Waals surface area contributed by atoms with Gasteiger partial charge in [0.05, 0.1) is 10.0 Å². The molecule has 0 atom stereocenters. The Morgan fingerprint density at radius 3 is 2.57 bits per heavy atom. The summed E-state index contributed by atoms with van der Waals surface area (Å²) in [5, 5.41) is 4.07. The van der Waals surface area contributed by atoms with Crippen LogP contribution in [0.4, 0.5) is 17.3 Å². The Morgan fingerprint density at radius 1 is 1.14 bits per heavy atom. The number of aromatic nitrogens is 2. The molecule has 0 fully saturated rings. The maximum absolute atomic E-state index is 5.98. The molecule has 0 unspecified atom stereocenters. The van der Waals surface area contributed by atoms with Gasteiger partial charge in [-0.15, -0.1) is 0 Å². The molecular formula is C13H15Cl2N5O.